The standard InChI is InChI=1S/C14H21N3O2/c1-17-7-3-4-11(10-17)8-15-9-13-12(14(18)19)5-2-6-16-13/h2,5-6,11,15H,3-4,7-10H2,1H3,(H,18,19). The smallest absolute Gasteiger partial charge is 0.337 e. The summed E-state index contributed by atoms with van der Waals surface area (Å²) in [6.45, 7) is 3.73. The highest BCUT2D eigenvalue weighted by Gasteiger charge is 2.17. The van der Waals surface area contributed by atoms with E-state index in [-0.39, 0.29) is 5.56 Å². The van der Waals surface area contributed by atoms with Crippen molar-refractivity contribution in [3.8, 4) is 0 Å². The summed E-state index contributed by atoms with van der Waals surface area (Å²) in [6.07, 6.45) is 4.12. The van der Waals surface area contributed by atoms with Crippen LogP contribution in [0.2, 0.25) is 0 Å². The summed E-state index contributed by atoms with van der Waals surface area (Å²) in [7, 11) is 2.15. The molecule has 1 aromatic heterocycles. The normalized spacial score (nSPS) is 20.4. The van der Waals surface area contributed by atoms with Gasteiger partial charge in [0, 0.05) is 19.3 Å². The fraction of sp³-hybridized carbons (Fsp3) is 0.571. The Kier molecular flexibility index (Phi) is 4.87. The Morgan fingerprint density at radius 1 is 1.63 bits per heavy atom. The quantitative estimate of drug-likeness (QED) is 0.836. The third kappa shape index (κ3) is 4.01. The number of nitrogens with one attached hydrogen (secondary N) is 1. The van der Waals surface area contributed by atoms with Gasteiger partial charge in [-0.2, -0.15) is 0 Å². The number of likely N-dealkylation sites (tertiary alicyclic amines) is 1. The van der Waals surface area contributed by atoms with Crippen molar-refractivity contribution >= 4 is 5.97 Å². The molecule has 0 amide bonds. The molecule has 0 saturated carbocycles. The second kappa shape index (κ2) is 6.63. The minimum absolute atomic E-state index is 0.288. The molecular formula is C14H21N3O2. The molecular weight excluding hydrogens is 242 g/mol. The molecule has 1 aromatic rings. The molecule has 1 aliphatic heterocycles. The van der Waals surface area contributed by atoms with Crippen molar-refractivity contribution in [2.45, 2.75) is 19.4 Å². The first-order chi connectivity index (χ1) is 9.16. The number of hydrogen-bond donors (Lipinski definition) is 2. The number of hydrogen-bond acceptors (Lipinski definition) is 4. The van der Waals surface area contributed by atoms with E-state index in [0.29, 0.717) is 18.2 Å². The van der Waals surface area contributed by atoms with E-state index in [1.54, 1.807) is 18.3 Å². The molecule has 0 bridgehead atoms. The van der Waals surface area contributed by atoms with Crippen LogP contribution in [0.3, 0.4) is 0 Å². The zero-order valence-corrected chi connectivity index (χ0v) is 11.3. The highest BCUT2D eigenvalue weighted by atomic mass is 16.4. The average molecular weight is 263 g/mol. The predicted octanol–water partition coefficient (Wildman–Crippen LogP) is 1.21. The van der Waals surface area contributed by atoms with Gasteiger partial charge in [0.15, 0.2) is 0 Å². The number of piperidine rings is 1. The number of aromatic nitrogens is 1. The molecule has 1 saturated heterocycles. The summed E-state index contributed by atoms with van der Waals surface area (Å²) in [5.74, 6) is -0.266. The summed E-state index contributed by atoms with van der Waals surface area (Å²) in [5.41, 5.74) is 0.898. The molecule has 0 radical (unpaired) electrons. The van der Waals surface area contributed by atoms with Gasteiger partial charge in [-0.15, -0.1) is 0 Å². The highest BCUT2D eigenvalue weighted by molar-refractivity contribution is 5.88. The molecule has 2 heterocycles. The lowest BCUT2D eigenvalue weighted by molar-refractivity contribution is 0.0695. The van der Waals surface area contributed by atoms with Crippen molar-refractivity contribution < 1.29 is 9.90 Å². The van der Waals surface area contributed by atoms with Gasteiger partial charge in [-0.1, -0.05) is 0 Å². The van der Waals surface area contributed by atoms with Gasteiger partial charge in [-0.05, 0) is 51.0 Å². The molecule has 1 fully saturated rings. The number of pyridine rings is 1. The molecule has 2 rings (SSSR count). The molecule has 2 N–H and O–H groups in total. The molecule has 19 heavy (non-hydrogen) atoms. The van der Waals surface area contributed by atoms with Crippen LogP contribution in [-0.4, -0.2) is 47.6 Å². The third-order valence-corrected chi connectivity index (χ3v) is 3.57. The van der Waals surface area contributed by atoms with E-state index in [1.807, 2.05) is 0 Å². The van der Waals surface area contributed by atoms with Crippen LogP contribution in [0, 0.1) is 5.92 Å². The van der Waals surface area contributed by atoms with Crippen LogP contribution in [0.5, 0.6) is 0 Å². The van der Waals surface area contributed by atoms with Gasteiger partial charge in [0.05, 0.1) is 11.3 Å². The Bertz CT molecular complexity index is 436. The zero-order chi connectivity index (χ0) is 13.7. The largest absolute Gasteiger partial charge is 0.478 e. The summed E-state index contributed by atoms with van der Waals surface area (Å²) in [6, 6.07) is 3.25. The first-order valence-electron chi connectivity index (χ1n) is 6.73. The Morgan fingerprint density at radius 2 is 2.47 bits per heavy atom. The monoisotopic (exact) mass is 263 g/mol. The van der Waals surface area contributed by atoms with Gasteiger partial charge in [0.1, 0.15) is 0 Å². The summed E-state index contributed by atoms with van der Waals surface area (Å²) >= 11 is 0. The SMILES string of the molecule is CN1CCCC(CNCc2ncccc2C(=O)O)C1. The lowest BCUT2D eigenvalue weighted by Gasteiger charge is -2.29. The van der Waals surface area contributed by atoms with Crippen LogP contribution in [0.15, 0.2) is 18.3 Å². The van der Waals surface area contributed by atoms with Gasteiger partial charge < -0.3 is 15.3 Å². The van der Waals surface area contributed by atoms with Crippen LogP contribution in [-0.2, 0) is 6.54 Å². The van der Waals surface area contributed by atoms with Crippen LogP contribution >= 0.6 is 0 Å². The number of carbonyl (C=O) groups is 1. The molecule has 1 atom stereocenters. The zero-order valence-electron chi connectivity index (χ0n) is 11.3. The molecule has 1 unspecified atom stereocenters. The van der Waals surface area contributed by atoms with Gasteiger partial charge in [0.25, 0.3) is 0 Å². The molecule has 0 aromatic carbocycles. The van der Waals surface area contributed by atoms with Gasteiger partial charge in [0.2, 0.25) is 0 Å². The maximum atomic E-state index is 11.1. The number of rotatable bonds is 5. The maximum absolute atomic E-state index is 11.1. The van der Waals surface area contributed by atoms with E-state index >= 15 is 0 Å². The second-order valence-electron chi connectivity index (χ2n) is 5.20. The van der Waals surface area contributed by atoms with E-state index < -0.39 is 5.97 Å². The number of carboxylic acids is 1. The topological polar surface area (TPSA) is 65.5 Å². The summed E-state index contributed by atoms with van der Waals surface area (Å²) in [4.78, 5) is 17.5. The lowest BCUT2D eigenvalue weighted by atomic mass is 9.98. The molecule has 1 aliphatic rings. The summed E-state index contributed by atoms with van der Waals surface area (Å²) < 4.78 is 0. The lowest BCUT2D eigenvalue weighted by Crippen LogP contribution is -2.37. The number of aromatic carboxylic acids is 1. The van der Waals surface area contributed by atoms with Crippen molar-refractivity contribution in [2.24, 2.45) is 5.92 Å². The fourth-order valence-corrected chi connectivity index (χ4v) is 2.61. The van der Waals surface area contributed by atoms with Crippen molar-refractivity contribution in [1.82, 2.24) is 15.2 Å². The Balaban J connectivity index is 1.84. The minimum Gasteiger partial charge on any atom is -0.478 e. The van der Waals surface area contributed by atoms with Gasteiger partial charge in [-0.3, -0.25) is 4.98 Å². The van der Waals surface area contributed by atoms with Crippen LogP contribution in [0.4, 0.5) is 0 Å². The molecule has 5 nitrogen and oxygen atoms in total. The van der Waals surface area contributed by atoms with E-state index in [4.69, 9.17) is 5.11 Å². The maximum Gasteiger partial charge on any atom is 0.337 e. The minimum atomic E-state index is -0.915. The van der Waals surface area contributed by atoms with Crippen molar-refractivity contribution in [3.05, 3.63) is 29.6 Å². The van der Waals surface area contributed by atoms with Gasteiger partial charge >= 0.3 is 5.97 Å². The number of nitrogens with zero attached hydrogens (tertiary/aromatic N) is 2. The fourth-order valence-electron chi connectivity index (χ4n) is 2.61. The molecule has 0 aliphatic carbocycles. The van der Waals surface area contributed by atoms with Crippen molar-refractivity contribution in [2.75, 3.05) is 26.7 Å². The molecule has 5 heteroatoms. The molecule has 104 valence electrons. The first-order valence-corrected chi connectivity index (χ1v) is 6.73. The third-order valence-electron chi connectivity index (χ3n) is 3.57. The first kappa shape index (κ1) is 14.0. The van der Waals surface area contributed by atoms with E-state index in [2.05, 4.69) is 22.2 Å². The highest BCUT2D eigenvalue weighted by Crippen LogP contribution is 2.14. The van der Waals surface area contributed by atoms with Crippen LogP contribution in [0.1, 0.15) is 28.9 Å². The Morgan fingerprint density at radius 3 is 3.21 bits per heavy atom. The van der Waals surface area contributed by atoms with E-state index in [0.717, 1.165) is 13.1 Å². The Labute approximate surface area is 113 Å². The van der Waals surface area contributed by atoms with Crippen molar-refractivity contribution in [1.29, 1.82) is 0 Å². The predicted molar refractivity (Wildman–Crippen MR) is 73.1 cm³/mol. The van der Waals surface area contributed by atoms with Crippen LogP contribution < -0.4 is 5.32 Å². The number of carboxylic acid groups (broad SMARTS) is 1. The molecule has 0 spiro atoms. The second-order valence-corrected chi connectivity index (χ2v) is 5.20. The summed E-state index contributed by atoms with van der Waals surface area (Å²) in [5, 5.41) is 12.4. The van der Waals surface area contributed by atoms with E-state index in [1.165, 1.54) is 19.4 Å². The van der Waals surface area contributed by atoms with Gasteiger partial charge in [-0.25, -0.2) is 4.79 Å². The van der Waals surface area contributed by atoms with Crippen LogP contribution in [0.25, 0.3) is 0 Å². The van der Waals surface area contributed by atoms with Crippen molar-refractivity contribution in [3.63, 3.8) is 0 Å². The average Bonchev–Trinajstić information content (AvgIpc) is 2.39. The van der Waals surface area contributed by atoms with E-state index in [9.17, 15) is 4.79 Å². The Hall–Kier alpha value is -1.46.